The summed E-state index contributed by atoms with van der Waals surface area (Å²) in [4.78, 5) is 26.5. The van der Waals surface area contributed by atoms with Gasteiger partial charge in [-0.2, -0.15) is 13.2 Å². The summed E-state index contributed by atoms with van der Waals surface area (Å²) in [6.07, 6.45) is -0.918. The fourth-order valence-electron chi connectivity index (χ4n) is 2.81. The number of amides is 2. The first-order valence-electron chi connectivity index (χ1n) is 9.09. The van der Waals surface area contributed by atoms with E-state index in [-0.39, 0.29) is 16.6 Å². The van der Waals surface area contributed by atoms with Gasteiger partial charge in [-0.05, 0) is 42.3 Å². The monoisotopic (exact) mass is 462 g/mol. The zero-order chi connectivity index (χ0) is 22.6. The number of allylic oxidation sites excluding steroid dienone is 2. The van der Waals surface area contributed by atoms with E-state index in [0.29, 0.717) is 4.91 Å². The van der Waals surface area contributed by atoms with E-state index in [9.17, 15) is 22.8 Å². The lowest BCUT2D eigenvalue weighted by atomic mass is 10.1. The van der Waals surface area contributed by atoms with Gasteiger partial charge in [0.1, 0.15) is 10.9 Å². The molecule has 0 radical (unpaired) electrons. The van der Waals surface area contributed by atoms with E-state index in [1.165, 1.54) is 12.1 Å². The lowest BCUT2D eigenvalue weighted by molar-refractivity contribution is -0.137. The van der Waals surface area contributed by atoms with Crippen LogP contribution in [0.1, 0.15) is 18.1 Å². The van der Waals surface area contributed by atoms with Gasteiger partial charge < -0.3 is 5.32 Å². The number of halogens is 3. The molecule has 0 spiro atoms. The molecule has 4 nitrogen and oxygen atoms in total. The van der Waals surface area contributed by atoms with Crippen molar-refractivity contribution < 1.29 is 22.8 Å². The number of benzene rings is 2. The van der Waals surface area contributed by atoms with Crippen LogP contribution in [-0.4, -0.2) is 27.6 Å². The third kappa shape index (κ3) is 6.05. The molecule has 160 valence electrons. The summed E-state index contributed by atoms with van der Waals surface area (Å²) in [5.74, 6) is -1.07. The molecule has 0 unspecified atom stereocenters. The van der Waals surface area contributed by atoms with Gasteiger partial charge in [0, 0.05) is 5.69 Å². The Balaban J connectivity index is 1.67. The van der Waals surface area contributed by atoms with Crippen LogP contribution in [0.15, 0.2) is 71.2 Å². The minimum Gasteiger partial charge on any atom is -0.325 e. The van der Waals surface area contributed by atoms with Gasteiger partial charge in [0.25, 0.3) is 5.91 Å². The Bertz CT molecular complexity index is 1080. The van der Waals surface area contributed by atoms with Gasteiger partial charge in [-0.15, -0.1) is 0 Å². The van der Waals surface area contributed by atoms with Gasteiger partial charge in [0.05, 0.1) is 10.5 Å². The molecule has 2 aromatic rings. The van der Waals surface area contributed by atoms with E-state index >= 15 is 0 Å². The molecule has 0 aliphatic carbocycles. The summed E-state index contributed by atoms with van der Waals surface area (Å²) in [5.41, 5.74) is 0.925. The second kappa shape index (κ2) is 9.49. The second-order valence-corrected chi connectivity index (χ2v) is 8.37. The van der Waals surface area contributed by atoms with E-state index in [1.54, 1.807) is 6.08 Å². The van der Waals surface area contributed by atoms with Gasteiger partial charge in [-0.3, -0.25) is 14.5 Å². The van der Waals surface area contributed by atoms with Crippen molar-refractivity contribution in [2.24, 2.45) is 0 Å². The molecule has 0 bridgehead atoms. The Labute approximate surface area is 186 Å². The van der Waals surface area contributed by atoms with Crippen LogP contribution in [0.25, 0.3) is 6.08 Å². The number of anilines is 1. The number of thiocarbonyl (C=S) groups is 1. The molecule has 1 N–H and O–H groups in total. The molecule has 1 fully saturated rings. The van der Waals surface area contributed by atoms with Crippen LogP contribution in [0.5, 0.6) is 0 Å². The molecule has 1 aliphatic heterocycles. The maximum atomic E-state index is 12.8. The predicted octanol–water partition coefficient (Wildman–Crippen LogP) is 5.49. The summed E-state index contributed by atoms with van der Waals surface area (Å²) < 4.78 is 38.7. The quantitative estimate of drug-likeness (QED) is 0.472. The van der Waals surface area contributed by atoms with Crippen molar-refractivity contribution in [3.63, 3.8) is 0 Å². The van der Waals surface area contributed by atoms with Gasteiger partial charge in [0.15, 0.2) is 0 Å². The van der Waals surface area contributed by atoms with E-state index in [4.69, 9.17) is 12.2 Å². The highest BCUT2D eigenvalue weighted by molar-refractivity contribution is 8.26. The molecular weight excluding hydrogens is 445 g/mol. The average molecular weight is 463 g/mol. The molecule has 0 aromatic heterocycles. The van der Waals surface area contributed by atoms with Crippen LogP contribution in [0, 0.1) is 0 Å². The van der Waals surface area contributed by atoms with E-state index in [1.807, 2.05) is 43.3 Å². The third-order valence-electron chi connectivity index (χ3n) is 4.20. The number of nitrogens with one attached hydrogen (secondary N) is 1. The van der Waals surface area contributed by atoms with E-state index in [2.05, 4.69) is 5.32 Å². The number of carbonyl (C=O) groups excluding carboxylic acids is 2. The zero-order valence-corrected chi connectivity index (χ0v) is 17.9. The molecule has 1 aliphatic rings. The van der Waals surface area contributed by atoms with Crippen LogP contribution < -0.4 is 5.32 Å². The molecule has 3 rings (SSSR count). The summed E-state index contributed by atoms with van der Waals surface area (Å²) in [6.45, 7) is 1.46. The Kier molecular flexibility index (Phi) is 6.97. The highest BCUT2D eigenvalue weighted by Crippen LogP contribution is 2.33. The molecule has 2 aromatic carbocycles. The fraction of sp³-hybridized carbons (Fsp3) is 0.136. The first-order valence-corrected chi connectivity index (χ1v) is 10.3. The van der Waals surface area contributed by atoms with Crippen LogP contribution >= 0.6 is 24.0 Å². The van der Waals surface area contributed by atoms with Gasteiger partial charge >= 0.3 is 6.18 Å². The van der Waals surface area contributed by atoms with Crippen molar-refractivity contribution in [2.75, 3.05) is 11.9 Å². The second-order valence-electron chi connectivity index (χ2n) is 6.69. The van der Waals surface area contributed by atoms with Crippen molar-refractivity contribution in [1.82, 2.24) is 4.90 Å². The minimum absolute atomic E-state index is 0.0116. The number of hydrogen-bond acceptors (Lipinski definition) is 4. The average Bonchev–Trinajstić information content (AvgIpc) is 2.95. The minimum atomic E-state index is -4.52. The largest absolute Gasteiger partial charge is 0.416 e. The zero-order valence-electron chi connectivity index (χ0n) is 16.3. The molecule has 1 saturated heterocycles. The van der Waals surface area contributed by atoms with Crippen molar-refractivity contribution in [2.45, 2.75) is 13.1 Å². The normalized spacial score (nSPS) is 16.2. The number of thioether (sulfide) groups is 1. The van der Waals surface area contributed by atoms with Crippen LogP contribution in [-0.2, 0) is 15.8 Å². The highest BCUT2D eigenvalue weighted by atomic mass is 32.2. The topological polar surface area (TPSA) is 49.4 Å². The molecule has 0 saturated carbocycles. The molecule has 31 heavy (non-hydrogen) atoms. The summed E-state index contributed by atoms with van der Waals surface area (Å²) >= 11 is 6.28. The standard InChI is InChI=1S/C22H17F3N2O2S2/c1-14(10-15-6-3-2-4-7-15)11-18-20(29)27(21(30)31-18)13-19(28)26-17-9-5-8-16(12-17)22(23,24)25/h2-12H,13H2,1H3,(H,26,28). The molecular formula is C22H17F3N2O2S2. The molecule has 0 atom stereocenters. The number of carbonyl (C=O) groups is 2. The third-order valence-corrected chi connectivity index (χ3v) is 5.58. The maximum Gasteiger partial charge on any atom is 0.416 e. The lowest BCUT2D eigenvalue weighted by Crippen LogP contribution is -2.36. The van der Waals surface area contributed by atoms with Crippen molar-refractivity contribution >= 4 is 51.9 Å². The number of hydrogen-bond donors (Lipinski definition) is 1. The van der Waals surface area contributed by atoms with Crippen molar-refractivity contribution in [1.29, 1.82) is 0 Å². The van der Waals surface area contributed by atoms with Crippen LogP contribution in [0.3, 0.4) is 0 Å². The Morgan fingerprint density at radius 3 is 2.55 bits per heavy atom. The first-order chi connectivity index (χ1) is 14.6. The molecule has 2 amide bonds. The van der Waals surface area contributed by atoms with Gasteiger partial charge in [0.2, 0.25) is 5.91 Å². The first kappa shape index (κ1) is 22.8. The SMILES string of the molecule is CC(=Cc1ccccc1)C=C1SC(=S)N(CC(=O)Nc2cccc(C(F)(F)F)c2)C1=O. The Hall–Kier alpha value is -2.91. The van der Waals surface area contributed by atoms with Crippen LogP contribution in [0.4, 0.5) is 18.9 Å². The Morgan fingerprint density at radius 1 is 1.16 bits per heavy atom. The van der Waals surface area contributed by atoms with E-state index in [0.717, 1.165) is 39.9 Å². The highest BCUT2D eigenvalue weighted by Gasteiger charge is 2.34. The number of nitrogens with zero attached hydrogens (tertiary/aromatic N) is 1. The molecule has 1 heterocycles. The maximum absolute atomic E-state index is 12.8. The molecule has 9 heteroatoms. The van der Waals surface area contributed by atoms with Crippen molar-refractivity contribution in [3.8, 4) is 0 Å². The summed E-state index contributed by atoms with van der Waals surface area (Å²) in [6, 6.07) is 13.9. The van der Waals surface area contributed by atoms with Crippen molar-refractivity contribution in [3.05, 3.63) is 82.3 Å². The van der Waals surface area contributed by atoms with Crippen LogP contribution in [0.2, 0.25) is 0 Å². The number of rotatable bonds is 5. The van der Waals surface area contributed by atoms with E-state index < -0.39 is 23.6 Å². The summed E-state index contributed by atoms with van der Waals surface area (Å²) in [5, 5.41) is 2.38. The fourth-order valence-corrected chi connectivity index (χ4v) is 4.12. The lowest BCUT2D eigenvalue weighted by Gasteiger charge is -2.15. The number of alkyl halides is 3. The van der Waals surface area contributed by atoms with Gasteiger partial charge in [-0.25, -0.2) is 0 Å². The smallest absolute Gasteiger partial charge is 0.325 e. The predicted molar refractivity (Wildman–Crippen MR) is 120 cm³/mol. The van der Waals surface area contributed by atoms with Gasteiger partial charge in [-0.1, -0.05) is 66.5 Å². The Morgan fingerprint density at radius 2 is 1.87 bits per heavy atom. The summed E-state index contributed by atoms with van der Waals surface area (Å²) in [7, 11) is 0.